The molecular formula is C20H27NO5. The predicted octanol–water partition coefficient (Wildman–Crippen LogP) is 3.49. The van der Waals surface area contributed by atoms with Crippen molar-refractivity contribution < 1.29 is 23.4 Å². The van der Waals surface area contributed by atoms with E-state index in [0.29, 0.717) is 23.8 Å². The molecule has 26 heavy (non-hydrogen) atoms. The Kier molecular flexibility index (Phi) is 6.41. The molecular weight excluding hydrogens is 334 g/mol. The molecule has 6 nitrogen and oxygen atoms in total. The fraction of sp³-hybridized carbons (Fsp3) is 0.500. The number of ether oxygens (including phenoxy) is 4. The molecule has 1 atom stereocenters. The van der Waals surface area contributed by atoms with Crippen LogP contribution >= 0.6 is 0 Å². The van der Waals surface area contributed by atoms with Crippen LogP contribution in [0.2, 0.25) is 0 Å². The molecule has 6 heteroatoms. The van der Waals surface area contributed by atoms with Gasteiger partial charge in [-0.2, -0.15) is 0 Å². The van der Waals surface area contributed by atoms with Crippen LogP contribution in [-0.2, 0) is 17.8 Å². The standard InChI is InChI=1S/C20H27NO5/c1-22-18-7-6-16(19(23-2)20(18)24-3)12-21(11-15-8-10-25-14-15)13-17-5-4-9-26-17/h6-8,10,14,17H,4-5,9,11-13H2,1-3H3. The minimum atomic E-state index is 0.271. The summed E-state index contributed by atoms with van der Waals surface area (Å²) in [6.45, 7) is 3.22. The average Bonchev–Trinajstić information content (AvgIpc) is 3.35. The van der Waals surface area contributed by atoms with Crippen LogP contribution in [0.5, 0.6) is 17.2 Å². The average molecular weight is 361 g/mol. The molecule has 1 fully saturated rings. The van der Waals surface area contributed by atoms with Crippen LogP contribution in [0.4, 0.5) is 0 Å². The van der Waals surface area contributed by atoms with Crippen LogP contribution in [0.1, 0.15) is 24.0 Å². The summed E-state index contributed by atoms with van der Waals surface area (Å²) in [5, 5.41) is 0. The molecule has 2 aromatic rings. The first kappa shape index (κ1) is 18.6. The number of hydrogen-bond acceptors (Lipinski definition) is 6. The number of benzene rings is 1. The molecule has 1 aromatic heterocycles. The first-order chi connectivity index (χ1) is 12.7. The molecule has 142 valence electrons. The van der Waals surface area contributed by atoms with Crippen LogP contribution in [0.15, 0.2) is 35.1 Å². The normalized spacial score (nSPS) is 16.8. The molecule has 1 aromatic carbocycles. The quantitative estimate of drug-likeness (QED) is 0.681. The lowest BCUT2D eigenvalue weighted by atomic mass is 10.1. The maximum Gasteiger partial charge on any atom is 0.203 e. The van der Waals surface area contributed by atoms with Crippen molar-refractivity contribution in [3.8, 4) is 17.2 Å². The third-order valence-corrected chi connectivity index (χ3v) is 4.65. The molecule has 1 aliphatic rings. The van der Waals surface area contributed by atoms with Gasteiger partial charge >= 0.3 is 0 Å². The molecule has 0 saturated carbocycles. The van der Waals surface area contributed by atoms with Gasteiger partial charge in [0.25, 0.3) is 0 Å². The predicted molar refractivity (Wildman–Crippen MR) is 97.9 cm³/mol. The molecule has 0 amide bonds. The van der Waals surface area contributed by atoms with Crippen molar-refractivity contribution in [1.29, 1.82) is 0 Å². The lowest BCUT2D eigenvalue weighted by Crippen LogP contribution is -2.31. The highest BCUT2D eigenvalue weighted by molar-refractivity contribution is 5.55. The maximum atomic E-state index is 5.84. The fourth-order valence-corrected chi connectivity index (χ4v) is 3.43. The lowest BCUT2D eigenvalue weighted by molar-refractivity contribution is 0.0675. The highest BCUT2D eigenvalue weighted by atomic mass is 16.5. The van der Waals surface area contributed by atoms with Crippen LogP contribution in [0.3, 0.4) is 0 Å². The van der Waals surface area contributed by atoms with Crippen LogP contribution in [0, 0.1) is 0 Å². The van der Waals surface area contributed by atoms with E-state index in [2.05, 4.69) is 4.90 Å². The molecule has 0 spiro atoms. The van der Waals surface area contributed by atoms with E-state index in [1.807, 2.05) is 18.2 Å². The van der Waals surface area contributed by atoms with Gasteiger partial charge in [0.05, 0.1) is 40.0 Å². The summed E-state index contributed by atoms with van der Waals surface area (Å²) >= 11 is 0. The van der Waals surface area contributed by atoms with Gasteiger partial charge in [-0.25, -0.2) is 0 Å². The number of hydrogen-bond donors (Lipinski definition) is 0. The Morgan fingerprint density at radius 2 is 1.88 bits per heavy atom. The number of nitrogens with zero attached hydrogens (tertiary/aromatic N) is 1. The molecule has 1 aliphatic heterocycles. The molecule has 1 unspecified atom stereocenters. The van der Waals surface area contributed by atoms with Crippen LogP contribution < -0.4 is 14.2 Å². The van der Waals surface area contributed by atoms with Crippen molar-refractivity contribution in [2.45, 2.75) is 32.0 Å². The Balaban J connectivity index is 1.82. The van der Waals surface area contributed by atoms with Crippen molar-refractivity contribution >= 4 is 0 Å². The Labute approximate surface area is 154 Å². The summed E-state index contributed by atoms with van der Waals surface area (Å²) in [6, 6.07) is 5.94. The maximum absolute atomic E-state index is 5.84. The van der Waals surface area contributed by atoms with Crippen molar-refractivity contribution in [2.75, 3.05) is 34.5 Å². The second-order valence-corrected chi connectivity index (χ2v) is 6.43. The second kappa shape index (κ2) is 8.96. The number of methoxy groups -OCH3 is 3. The van der Waals surface area contributed by atoms with Crippen molar-refractivity contribution in [3.63, 3.8) is 0 Å². The van der Waals surface area contributed by atoms with E-state index in [1.54, 1.807) is 33.9 Å². The first-order valence-electron chi connectivity index (χ1n) is 8.88. The Hall–Kier alpha value is -2.18. The molecule has 0 N–H and O–H groups in total. The largest absolute Gasteiger partial charge is 0.493 e. The van der Waals surface area contributed by atoms with E-state index < -0.39 is 0 Å². The Morgan fingerprint density at radius 3 is 2.50 bits per heavy atom. The second-order valence-electron chi connectivity index (χ2n) is 6.43. The molecule has 0 radical (unpaired) electrons. The summed E-state index contributed by atoms with van der Waals surface area (Å²) in [4.78, 5) is 2.35. The highest BCUT2D eigenvalue weighted by Gasteiger charge is 2.22. The zero-order chi connectivity index (χ0) is 18.4. The monoisotopic (exact) mass is 361 g/mol. The van der Waals surface area contributed by atoms with Gasteiger partial charge in [0.15, 0.2) is 11.5 Å². The van der Waals surface area contributed by atoms with Gasteiger partial charge in [-0.3, -0.25) is 4.90 Å². The van der Waals surface area contributed by atoms with E-state index in [0.717, 1.165) is 43.7 Å². The minimum absolute atomic E-state index is 0.271. The first-order valence-corrected chi connectivity index (χ1v) is 8.88. The van der Waals surface area contributed by atoms with Crippen molar-refractivity contribution in [2.24, 2.45) is 0 Å². The van der Waals surface area contributed by atoms with E-state index in [9.17, 15) is 0 Å². The summed E-state index contributed by atoms with van der Waals surface area (Å²) in [5.41, 5.74) is 2.19. The Bertz CT molecular complexity index is 680. The van der Waals surface area contributed by atoms with Crippen LogP contribution in [0.25, 0.3) is 0 Å². The van der Waals surface area contributed by atoms with Gasteiger partial charge in [0.1, 0.15) is 0 Å². The van der Waals surface area contributed by atoms with Gasteiger partial charge < -0.3 is 23.4 Å². The number of furan rings is 1. The zero-order valence-electron chi connectivity index (χ0n) is 15.7. The third kappa shape index (κ3) is 4.31. The smallest absolute Gasteiger partial charge is 0.203 e. The molecule has 0 bridgehead atoms. The highest BCUT2D eigenvalue weighted by Crippen LogP contribution is 2.40. The topological polar surface area (TPSA) is 53.3 Å². The van der Waals surface area contributed by atoms with Gasteiger partial charge in [-0.1, -0.05) is 6.07 Å². The summed E-state index contributed by atoms with van der Waals surface area (Å²) in [6.07, 6.45) is 5.99. The van der Waals surface area contributed by atoms with E-state index in [-0.39, 0.29) is 6.10 Å². The van der Waals surface area contributed by atoms with Gasteiger partial charge in [0, 0.05) is 37.4 Å². The minimum Gasteiger partial charge on any atom is -0.493 e. The zero-order valence-corrected chi connectivity index (χ0v) is 15.7. The SMILES string of the molecule is COc1ccc(CN(Cc2ccoc2)CC2CCCO2)c(OC)c1OC. The molecule has 0 aliphatic carbocycles. The van der Waals surface area contributed by atoms with Crippen molar-refractivity contribution in [1.82, 2.24) is 4.90 Å². The van der Waals surface area contributed by atoms with Crippen molar-refractivity contribution in [3.05, 3.63) is 41.9 Å². The van der Waals surface area contributed by atoms with Gasteiger partial charge in [-0.15, -0.1) is 0 Å². The molecule has 3 rings (SSSR count). The third-order valence-electron chi connectivity index (χ3n) is 4.65. The van der Waals surface area contributed by atoms with Gasteiger partial charge in [0.2, 0.25) is 5.75 Å². The molecule has 2 heterocycles. The van der Waals surface area contributed by atoms with E-state index in [1.165, 1.54) is 0 Å². The summed E-state index contributed by atoms with van der Waals surface area (Å²) in [7, 11) is 4.90. The summed E-state index contributed by atoms with van der Waals surface area (Å²) < 4.78 is 27.6. The summed E-state index contributed by atoms with van der Waals surface area (Å²) in [5.74, 6) is 1.98. The Morgan fingerprint density at radius 1 is 1.04 bits per heavy atom. The number of rotatable bonds is 9. The fourth-order valence-electron chi connectivity index (χ4n) is 3.43. The van der Waals surface area contributed by atoms with E-state index in [4.69, 9.17) is 23.4 Å². The van der Waals surface area contributed by atoms with E-state index >= 15 is 0 Å². The molecule has 1 saturated heterocycles. The van der Waals surface area contributed by atoms with Crippen LogP contribution in [-0.4, -0.2) is 45.5 Å². The lowest BCUT2D eigenvalue weighted by Gasteiger charge is -2.26. The van der Waals surface area contributed by atoms with Gasteiger partial charge in [-0.05, 0) is 25.0 Å².